The van der Waals surface area contributed by atoms with E-state index < -0.39 is 0 Å². The first kappa shape index (κ1) is 12.7. The van der Waals surface area contributed by atoms with E-state index in [4.69, 9.17) is 5.73 Å². The van der Waals surface area contributed by atoms with Crippen molar-refractivity contribution >= 4 is 27.3 Å². The van der Waals surface area contributed by atoms with Gasteiger partial charge in [0.15, 0.2) is 0 Å². The molecule has 0 aliphatic carbocycles. The average molecular weight is 311 g/mol. The van der Waals surface area contributed by atoms with E-state index in [0.29, 0.717) is 6.54 Å². The van der Waals surface area contributed by atoms with Crippen LogP contribution in [-0.4, -0.2) is 4.98 Å². The van der Waals surface area contributed by atoms with Crippen molar-refractivity contribution in [3.05, 3.63) is 38.8 Å². The van der Waals surface area contributed by atoms with Gasteiger partial charge in [-0.05, 0) is 25.0 Å². The Kier molecular flexibility index (Phi) is 3.97. The average Bonchev–Trinajstić information content (AvgIpc) is 2.72. The van der Waals surface area contributed by atoms with Crippen molar-refractivity contribution in [2.24, 2.45) is 5.73 Å². The maximum atomic E-state index is 5.74. The minimum absolute atomic E-state index is 0.574. The predicted octanol–water partition coefficient (Wildman–Crippen LogP) is 3.90. The highest BCUT2D eigenvalue weighted by molar-refractivity contribution is 9.10. The third-order valence-corrected chi connectivity index (χ3v) is 4.46. The van der Waals surface area contributed by atoms with Crippen LogP contribution in [0.4, 0.5) is 0 Å². The minimum Gasteiger partial charge on any atom is -0.326 e. The number of nitrogens with zero attached hydrogens (tertiary/aromatic N) is 1. The number of aryl methyl sites for hydroxylation is 2. The Morgan fingerprint density at radius 3 is 2.71 bits per heavy atom. The Bertz CT molecular complexity index is 513. The van der Waals surface area contributed by atoms with Gasteiger partial charge in [0.2, 0.25) is 0 Å². The topological polar surface area (TPSA) is 38.9 Å². The van der Waals surface area contributed by atoms with Gasteiger partial charge in [-0.15, -0.1) is 11.3 Å². The van der Waals surface area contributed by atoms with Crippen molar-refractivity contribution in [2.75, 3.05) is 0 Å². The summed E-state index contributed by atoms with van der Waals surface area (Å²) in [5.41, 5.74) is 9.25. The molecule has 0 atom stereocenters. The second kappa shape index (κ2) is 5.29. The smallest absolute Gasteiger partial charge is 0.125 e. The maximum absolute atomic E-state index is 5.74. The van der Waals surface area contributed by atoms with Gasteiger partial charge in [-0.3, -0.25) is 0 Å². The van der Waals surface area contributed by atoms with Gasteiger partial charge in [-0.1, -0.05) is 35.0 Å². The van der Waals surface area contributed by atoms with Crippen LogP contribution in [0.15, 0.2) is 22.7 Å². The highest BCUT2D eigenvalue weighted by Gasteiger charge is 2.12. The summed E-state index contributed by atoms with van der Waals surface area (Å²) < 4.78 is 1.09. The molecule has 1 aromatic heterocycles. The van der Waals surface area contributed by atoms with E-state index in [1.165, 1.54) is 10.4 Å². The lowest BCUT2D eigenvalue weighted by Crippen LogP contribution is -1.96. The fourth-order valence-corrected chi connectivity index (χ4v) is 3.61. The number of thiazole rings is 1. The summed E-state index contributed by atoms with van der Waals surface area (Å²) in [5.74, 6) is 0. The lowest BCUT2D eigenvalue weighted by Gasteiger charge is -2.01. The molecular formula is C13H15BrN2S. The van der Waals surface area contributed by atoms with Crippen molar-refractivity contribution in [2.45, 2.75) is 26.8 Å². The molecule has 1 aromatic carbocycles. The van der Waals surface area contributed by atoms with Crippen molar-refractivity contribution in [1.82, 2.24) is 4.98 Å². The van der Waals surface area contributed by atoms with Gasteiger partial charge >= 0.3 is 0 Å². The van der Waals surface area contributed by atoms with E-state index in [0.717, 1.165) is 27.2 Å². The van der Waals surface area contributed by atoms with Crippen LogP contribution >= 0.6 is 27.3 Å². The van der Waals surface area contributed by atoms with E-state index in [1.54, 1.807) is 11.3 Å². The molecule has 2 nitrogen and oxygen atoms in total. The molecule has 2 N–H and O–H groups in total. The number of benzene rings is 1. The first-order chi connectivity index (χ1) is 8.15. The number of rotatable bonds is 3. The maximum Gasteiger partial charge on any atom is 0.125 e. The van der Waals surface area contributed by atoms with Gasteiger partial charge in [0.25, 0.3) is 0 Å². The molecule has 0 bridgehead atoms. The van der Waals surface area contributed by atoms with E-state index in [2.05, 4.69) is 53.0 Å². The molecule has 0 radical (unpaired) electrons. The molecule has 0 spiro atoms. The zero-order chi connectivity index (χ0) is 12.4. The summed E-state index contributed by atoms with van der Waals surface area (Å²) in [6.07, 6.45) is 0.937. The first-order valence-electron chi connectivity index (χ1n) is 5.60. The number of hydrogen-bond donors (Lipinski definition) is 1. The van der Waals surface area contributed by atoms with Crippen LogP contribution in [0.25, 0.3) is 10.6 Å². The second-order valence-corrected chi connectivity index (χ2v) is 5.87. The lowest BCUT2D eigenvalue weighted by atomic mass is 10.1. The standard InChI is InChI=1S/C13H15BrN2S/c1-3-11-12(7-15)17-13(16-11)9-5-4-8(2)6-10(9)14/h4-6H,3,7,15H2,1-2H3. The normalized spacial score (nSPS) is 10.8. The van der Waals surface area contributed by atoms with Crippen LogP contribution in [0.5, 0.6) is 0 Å². The zero-order valence-electron chi connectivity index (χ0n) is 9.96. The Morgan fingerprint density at radius 2 is 2.18 bits per heavy atom. The van der Waals surface area contributed by atoms with Crippen LogP contribution < -0.4 is 5.73 Å². The molecular weight excluding hydrogens is 296 g/mol. The predicted molar refractivity (Wildman–Crippen MR) is 77.3 cm³/mol. The number of hydrogen-bond acceptors (Lipinski definition) is 3. The highest BCUT2D eigenvalue weighted by atomic mass is 79.9. The lowest BCUT2D eigenvalue weighted by molar-refractivity contribution is 0.989. The summed E-state index contributed by atoms with van der Waals surface area (Å²) in [7, 11) is 0. The second-order valence-electron chi connectivity index (χ2n) is 3.93. The monoisotopic (exact) mass is 310 g/mol. The molecule has 1 heterocycles. The molecule has 0 amide bonds. The van der Waals surface area contributed by atoms with Crippen molar-refractivity contribution in [3.63, 3.8) is 0 Å². The number of halogens is 1. The largest absolute Gasteiger partial charge is 0.326 e. The Balaban J connectivity index is 2.49. The first-order valence-corrected chi connectivity index (χ1v) is 7.21. The van der Waals surface area contributed by atoms with E-state index >= 15 is 0 Å². The van der Waals surface area contributed by atoms with Gasteiger partial charge in [0.1, 0.15) is 5.01 Å². The summed E-state index contributed by atoms with van der Waals surface area (Å²) in [6.45, 7) is 4.77. The summed E-state index contributed by atoms with van der Waals surface area (Å²) in [6, 6.07) is 6.33. The Morgan fingerprint density at radius 1 is 1.41 bits per heavy atom. The van der Waals surface area contributed by atoms with Crippen LogP contribution in [0.3, 0.4) is 0 Å². The summed E-state index contributed by atoms with van der Waals surface area (Å²) in [4.78, 5) is 5.86. The molecule has 0 aliphatic rings. The fraction of sp³-hybridized carbons (Fsp3) is 0.308. The van der Waals surface area contributed by atoms with Crippen LogP contribution in [0, 0.1) is 6.92 Å². The third-order valence-electron chi connectivity index (χ3n) is 2.65. The quantitative estimate of drug-likeness (QED) is 0.933. The van der Waals surface area contributed by atoms with Crippen LogP contribution in [0.1, 0.15) is 23.1 Å². The summed E-state index contributed by atoms with van der Waals surface area (Å²) >= 11 is 5.29. The van der Waals surface area contributed by atoms with Gasteiger partial charge in [0, 0.05) is 21.5 Å². The molecule has 0 saturated carbocycles. The minimum atomic E-state index is 0.574. The van der Waals surface area contributed by atoms with Crippen molar-refractivity contribution < 1.29 is 0 Å². The van der Waals surface area contributed by atoms with Gasteiger partial charge < -0.3 is 5.73 Å². The van der Waals surface area contributed by atoms with Crippen molar-refractivity contribution in [1.29, 1.82) is 0 Å². The summed E-state index contributed by atoms with van der Waals surface area (Å²) in [5, 5.41) is 1.05. The molecule has 2 rings (SSSR count). The molecule has 17 heavy (non-hydrogen) atoms. The van der Waals surface area contributed by atoms with Crippen LogP contribution in [-0.2, 0) is 13.0 Å². The van der Waals surface area contributed by atoms with E-state index in [-0.39, 0.29) is 0 Å². The van der Waals surface area contributed by atoms with Gasteiger partial charge in [0.05, 0.1) is 5.69 Å². The molecule has 0 fully saturated rings. The van der Waals surface area contributed by atoms with Gasteiger partial charge in [-0.2, -0.15) is 0 Å². The zero-order valence-corrected chi connectivity index (χ0v) is 12.4. The highest BCUT2D eigenvalue weighted by Crippen LogP contribution is 2.33. The molecule has 2 aromatic rings. The number of nitrogens with two attached hydrogens (primary N) is 1. The molecule has 4 heteroatoms. The van der Waals surface area contributed by atoms with Crippen molar-refractivity contribution in [3.8, 4) is 10.6 Å². The van der Waals surface area contributed by atoms with Gasteiger partial charge in [-0.25, -0.2) is 4.98 Å². The molecule has 0 aliphatic heterocycles. The molecule has 0 saturated heterocycles. The number of aromatic nitrogens is 1. The van der Waals surface area contributed by atoms with E-state index in [1.807, 2.05) is 0 Å². The third kappa shape index (κ3) is 2.59. The Hall–Kier alpha value is -0.710. The van der Waals surface area contributed by atoms with Crippen LogP contribution in [0.2, 0.25) is 0 Å². The Labute approximate surface area is 114 Å². The molecule has 0 unspecified atom stereocenters. The fourth-order valence-electron chi connectivity index (χ4n) is 1.73. The molecule has 90 valence electrons. The SMILES string of the molecule is CCc1nc(-c2ccc(C)cc2Br)sc1CN. The van der Waals surface area contributed by atoms with E-state index in [9.17, 15) is 0 Å².